The summed E-state index contributed by atoms with van der Waals surface area (Å²) in [5.74, 6) is -0.365. The van der Waals surface area contributed by atoms with E-state index in [9.17, 15) is 4.79 Å². The number of nitrogens with zero attached hydrogens (tertiary/aromatic N) is 1. The maximum absolute atomic E-state index is 11.6. The number of methoxy groups -OCH3 is 1. The number of ether oxygens (including phenoxy) is 1. The fourth-order valence-electron chi connectivity index (χ4n) is 1.24. The lowest BCUT2D eigenvalue weighted by atomic mass is 10.1. The minimum Gasteiger partial charge on any atom is -0.465 e. The minimum absolute atomic E-state index is 0.365. The molecule has 0 aromatic heterocycles. The molecule has 3 nitrogen and oxygen atoms in total. The molecule has 0 radical (unpaired) electrons. The molecule has 1 rings (SSSR count). The SMILES string of the molecule is COC(=O)/C(=C/N(C)C)c1ccc(Cl)cc1. The van der Waals surface area contributed by atoms with Gasteiger partial charge >= 0.3 is 5.97 Å². The van der Waals surface area contributed by atoms with E-state index in [-0.39, 0.29) is 5.97 Å². The fraction of sp³-hybridized carbons (Fsp3) is 0.250. The third-order valence-corrected chi connectivity index (χ3v) is 2.20. The summed E-state index contributed by atoms with van der Waals surface area (Å²) in [5.41, 5.74) is 1.29. The van der Waals surface area contributed by atoms with Crippen LogP contribution in [0.1, 0.15) is 5.56 Å². The molecular weight excluding hydrogens is 226 g/mol. The lowest BCUT2D eigenvalue weighted by Gasteiger charge is -2.10. The topological polar surface area (TPSA) is 29.5 Å². The largest absolute Gasteiger partial charge is 0.465 e. The second kappa shape index (κ2) is 5.56. The first-order chi connectivity index (χ1) is 7.54. The Morgan fingerprint density at radius 2 is 1.88 bits per heavy atom. The molecule has 0 fully saturated rings. The van der Waals surface area contributed by atoms with Gasteiger partial charge in [0.15, 0.2) is 0 Å². The Morgan fingerprint density at radius 3 is 2.31 bits per heavy atom. The van der Waals surface area contributed by atoms with Crippen LogP contribution in [0.25, 0.3) is 5.57 Å². The van der Waals surface area contributed by atoms with Gasteiger partial charge in [-0.15, -0.1) is 0 Å². The number of carbonyl (C=O) groups excluding carboxylic acids is 1. The molecule has 4 heteroatoms. The molecular formula is C12H14ClNO2. The summed E-state index contributed by atoms with van der Waals surface area (Å²) in [6.45, 7) is 0. The maximum atomic E-state index is 11.6. The summed E-state index contributed by atoms with van der Waals surface area (Å²) in [5, 5.41) is 0.637. The molecule has 0 amide bonds. The van der Waals surface area contributed by atoms with Crippen LogP contribution in [-0.4, -0.2) is 32.1 Å². The van der Waals surface area contributed by atoms with E-state index in [0.717, 1.165) is 5.56 Å². The molecule has 0 aliphatic rings. The summed E-state index contributed by atoms with van der Waals surface area (Å²) < 4.78 is 4.73. The molecule has 0 N–H and O–H groups in total. The van der Waals surface area contributed by atoms with Gasteiger partial charge in [0.2, 0.25) is 0 Å². The first-order valence-corrected chi connectivity index (χ1v) is 5.15. The van der Waals surface area contributed by atoms with Crippen molar-refractivity contribution in [3.63, 3.8) is 0 Å². The summed E-state index contributed by atoms with van der Waals surface area (Å²) in [6, 6.07) is 7.05. The quantitative estimate of drug-likeness (QED) is 0.599. The number of rotatable bonds is 3. The Hall–Kier alpha value is -1.48. The number of carbonyl (C=O) groups is 1. The summed E-state index contributed by atoms with van der Waals surface area (Å²) >= 11 is 5.79. The Balaban J connectivity index is 3.11. The summed E-state index contributed by atoms with van der Waals surface area (Å²) in [7, 11) is 5.06. The lowest BCUT2D eigenvalue weighted by molar-refractivity contribution is -0.133. The lowest BCUT2D eigenvalue weighted by Crippen LogP contribution is -2.10. The molecule has 0 aliphatic heterocycles. The van der Waals surface area contributed by atoms with Crippen molar-refractivity contribution in [3.05, 3.63) is 41.1 Å². The second-order valence-electron chi connectivity index (χ2n) is 3.50. The Labute approximate surface area is 100 Å². The van der Waals surface area contributed by atoms with Crippen molar-refractivity contribution in [3.8, 4) is 0 Å². The Bertz CT molecular complexity index is 396. The third kappa shape index (κ3) is 3.28. The predicted molar refractivity (Wildman–Crippen MR) is 65.1 cm³/mol. The summed E-state index contributed by atoms with van der Waals surface area (Å²) in [4.78, 5) is 13.4. The highest BCUT2D eigenvalue weighted by Crippen LogP contribution is 2.19. The van der Waals surface area contributed by atoms with Gasteiger partial charge in [-0.3, -0.25) is 0 Å². The van der Waals surface area contributed by atoms with Crippen molar-refractivity contribution >= 4 is 23.1 Å². The molecule has 0 heterocycles. The van der Waals surface area contributed by atoms with Gasteiger partial charge in [-0.05, 0) is 17.7 Å². The van der Waals surface area contributed by atoms with E-state index in [2.05, 4.69) is 0 Å². The van der Waals surface area contributed by atoms with E-state index < -0.39 is 0 Å². The average molecular weight is 240 g/mol. The molecule has 0 aliphatic carbocycles. The molecule has 16 heavy (non-hydrogen) atoms. The first-order valence-electron chi connectivity index (χ1n) is 4.77. The zero-order valence-corrected chi connectivity index (χ0v) is 10.3. The van der Waals surface area contributed by atoms with Crippen molar-refractivity contribution in [2.24, 2.45) is 0 Å². The standard InChI is InChI=1S/C12H14ClNO2/c1-14(2)8-11(12(15)16-3)9-4-6-10(13)7-5-9/h4-8H,1-3H3/b11-8+. The van der Waals surface area contributed by atoms with Gasteiger partial charge in [-0.1, -0.05) is 23.7 Å². The van der Waals surface area contributed by atoms with Crippen LogP contribution in [-0.2, 0) is 9.53 Å². The van der Waals surface area contributed by atoms with Crippen molar-refractivity contribution in [1.29, 1.82) is 0 Å². The first kappa shape index (κ1) is 12.6. The highest BCUT2D eigenvalue weighted by atomic mass is 35.5. The van der Waals surface area contributed by atoms with Gasteiger partial charge in [0, 0.05) is 25.3 Å². The van der Waals surface area contributed by atoms with Gasteiger partial charge in [-0.25, -0.2) is 4.79 Å². The van der Waals surface area contributed by atoms with E-state index in [1.807, 2.05) is 14.1 Å². The number of esters is 1. The van der Waals surface area contributed by atoms with Gasteiger partial charge in [0.25, 0.3) is 0 Å². The number of halogens is 1. The van der Waals surface area contributed by atoms with E-state index in [4.69, 9.17) is 16.3 Å². The Kier molecular flexibility index (Phi) is 4.38. The molecule has 0 unspecified atom stereocenters. The Morgan fingerprint density at radius 1 is 1.31 bits per heavy atom. The van der Waals surface area contributed by atoms with E-state index >= 15 is 0 Å². The second-order valence-corrected chi connectivity index (χ2v) is 3.94. The van der Waals surface area contributed by atoms with Crippen LogP contribution < -0.4 is 0 Å². The van der Waals surface area contributed by atoms with Crippen molar-refractivity contribution in [2.45, 2.75) is 0 Å². The molecule has 0 bridgehead atoms. The van der Waals surface area contributed by atoms with Crippen LogP contribution in [0.3, 0.4) is 0 Å². The molecule has 0 saturated heterocycles. The third-order valence-electron chi connectivity index (χ3n) is 1.95. The van der Waals surface area contributed by atoms with Crippen LogP contribution in [0.5, 0.6) is 0 Å². The zero-order valence-electron chi connectivity index (χ0n) is 9.53. The van der Waals surface area contributed by atoms with E-state index in [1.165, 1.54) is 7.11 Å². The van der Waals surface area contributed by atoms with Gasteiger partial charge < -0.3 is 9.64 Å². The van der Waals surface area contributed by atoms with Crippen LogP contribution in [0.15, 0.2) is 30.5 Å². The molecule has 0 saturated carbocycles. The van der Waals surface area contributed by atoms with Gasteiger partial charge in [0.05, 0.1) is 12.7 Å². The van der Waals surface area contributed by atoms with Crippen LogP contribution in [0.2, 0.25) is 5.02 Å². The molecule has 0 atom stereocenters. The molecule has 1 aromatic rings. The van der Waals surface area contributed by atoms with Crippen LogP contribution in [0.4, 0.5) is 0 Å². The van der Waals surface area contributed by atoms with Gasteiger partial charge in [0.1, 0.15) is 0 Å². The summed E-state index contributed by atoms with van der Waals surface area (Å²) in [6.07, 6.45) is 1.72. The smallest absolute Gasteiger partial charge is 0.339 e. The molecule has 0 spiro atoms. The van der Waals surface area contributed by atoms with Crippen LogP contribution >= 0.6 is 11.6 Å². The van der Waals surface area contributed by atoms with Crippen molar-refractivity contribution in [2.75, 3.05) is 21.2 Å². The fourth-order valence-corrected chi connectivity index (χ4v) is 1.37. The number of hydrogen-bond acceptors (Lipinski definition) is 3. The maximum Gasteiger partial charge on any atom is 0.339 e. The number of hydrogen-bond donors (Lipinski definition) is 0. The van der Waals surface area contributed by atoms with E-state index in [0.29, 0.717) is 10.6 Å². The monoisotopic (exact) mass is 239 g/mol. The van der Waals surface area contributed by atoms with Crippen LogP contribution in [0, 0.1) is 0 Å². The van der Waals surface area contributed by atoms with Gasteiger partial charge in [-0.2, -0.15) is 0 Å². The van der Waals surface area contributed by atoms with E-state index in [1.54, 1.807) is 35.4 Å². The zero-order chi connectivity index (χ0) is 12.1. The average Bonchev–Trinajstić information content (AvgIpc) is 2.26. The highest BCUT2D eigenvalue weighted by Gasteiger charge is 2.12. The van der Waals surface area contributed by atoms with Crippen molar-refractivity contribution in [1.82, 2.24) is 4.90 Å². The van der Waals surface area contributed by atoms with Crippen molar-refractivity contribution < 1.29 is 9.53 Å². The predicted octanol–water partition coefficient (Wildman–Crippen LogP) is 2.42. The molecule has 86 valence electrons. The molecule has 1 aromatic carbocycles. The normalized spacial score (nSPS) is 11.1. The number of benzene rings is 1. The highest BCUT2D eigenvalue weighted by molar-refractivity contribution is 6.30. The minimum atomic E-state index is -0.365.